The molecule has 0 unspecified atom stereocenters. The molecule has 2 aliphatic rings. The minimum Gasteiger partial charge on any atom is -0.344 e. The van der Waals surface area contributed by atoms with Gasteiger partial charge in [-0.15, -0.1) is 0 Å². The number of piperazine rings is 1. The molecule has 0 radical (unpaired) electrons. The van der Waals surface area contributed by atoms with Crippen LogP contribution in [-0.4, -0.2) is 66.5 Å². The number of anilines is 1. The topological polar surface area (TPSA) is 120 Å². The van der Waals surface area contributed by atoms with Crippen molar-refractivity contribution in [1.82, 2.24) is 19.9 Å². The fourth-order valence-electron chi connectivity index (χ4n) is 5.94. The highest BCUT2D eigenvalue weighted by molar-refractivity contribution is 7.90. The first kappa shape index (κ1) is 32.6. The molecule has 1 aliphatic carbocycles. The summed E-state index contributed by atoms with van der Waals surface area (Å²) in [7, 11) is -3.45. The molecule has 0 spiro atoms. The van der Waals surface area contributed by atoms with Gasteiger partial charge in [0.25, 0.3) is 0 Å². The van der Waals surface area contributed by atoms with Crippen molar-refractivity contribution >= 4 is 27.5 Å². The average Bonchev–Trinajstić information content (AvgIpc) is 3.84. The third-order valence-electron chi connectivity index (χ3n) is 8.19. The maximum absolute atomic E-state index is 15.2. The van der Waals surface area contributed by atoms with E-state index in [2.05, 4.69) is 20.9 Å². The second-order valence-corrected chi connectivity index (χ2v) is 13.8. The minimum absolute atomic E-state index is 0.0593. The van der Waals surface area contributed by atoms with Crippen LogP contribution in [0.2, 0.25) is 0 Å². The third-order valence-corrected chi connectivity index (χ3v) is 10.6. The number of amides is 2. The molecule has 5 rings (SSSR count). The molecule has 3 aromatic rings. The van der Waals surface area contributed by atoms with Gasteiger partial charge >= 0.3 is 0 Å². The van der Waals surface area contributed by atoms with E-state index in [0.29, 0.717) is 55.6 Å². The maximum atomic E-state index is 15.2. The minimum atomic E-state index is -3.45. The Morgan fingerprint density at radius 2 is 1.78 bits per heavy atom. The zero-order valence-electron chi connectivity index (χ0n) is 25.0. The Balaban J connectivity index is 1.44. The molecule has 9 nitrogen and oxygen atoms in total. The lowest BCUT2D eigenvalue weighted by molar-refractivity contribution is -0.125. The van der Waals surface area contributed by atoms with E-state index in [4.69, 9.17) is 0 Å². The summed E-state index contributed by atoms with van der Waals surface area (Å²) in [6, 6.07) is 7.86. The quantitative estimate of drug-likeness (QED) is 0.293. The summed E-state index contributed by atoms with van der Waals surface area (Å²) in [5.74, 6) is -3.96. The number of nitrogens with zero attached hydrogens (tertiary/aromatic N) is 2. The van der Waals surface area contributed by atoms with Crippen molar-refractivity contribution in [3.63, 3.8) is 0 Å². The summed E-state index contributed by atoms with van der Waals surface area (Å²) in [6.07, 6.45) is 3.97. The van der Waals surface area contributed by atoms with E-state index in [-0.39, 0.29) is 22.9 Å². The summed E-state index contributed by atoms with van der Waals surface area (Å²) < 4.78 is 71.3. The second-order valence-electron chi connectivity index (χ2n) is 11.7. The molecule has 2 fully saturated rings. The van der Waals surface area contributed by atoms with Crippen molar-refractivity contribution in [1.29, 1.82) is 0 Å². The first-order valence-electron chi connectivity index (χ1n) is 14.9. The zero-order chi connectivity index (χ0) is 32.3. The summed E-state index contributed by atoms with van der Waals surface area (Å²) >= 11 is 0. The van der Waals surface area contributed by atoms with Gasteiger partial charge in [0.15, 0.2) is 0 Å². The summed E-state index contributed by atoms with van der Waals surface area (Å²) in [5.41, 5.74) is 1.57. The van der Waals surface area contributed by atoms with Crippen LogP contribution in [0.5, 0.6) is 0 Å². The molecular formula is C32H36F3N5O4S. The number of aryl methyl sites for hydroxylation is 1. The third kappa shape index (κ3) is 7.71. The number of carbonyl (C=O) groups excluding carboxylic acids is 2. The summed E-state index contributed by atoms with van der Waals surface area (Å²) in [4.78, 5) is 30.2. The van der Waals surface area contributed by atoms with Gasteiger partial charge in [0, 0.05) is 44.1 Å². The average molecular weight is 644 g/mol. The van der Waals surface area contributed by atoms with Crippen LogP contribution in [0.25, 0.3) is 0 Å². The van der Waals surface area contributed by atoms with Gasteiger partial charge < -0.3 is 16.0 Å². The van der Waals surface area contributed by atoms with Crippen LogP contribution < -0.4 is 16.0 Å². The normalized spacial score (nSPS) is 18.6. The standard InChI is InChI=1S/C32H36F3N5O4S/c1-19-13-22(15-24(34)14-19)30(21-3-5-23(33)6-4-21)31(38-20(2)41)32(42)39-29-18-37-17-28(35)27(29)10-7-25-16-36-11-12-40(25)45(43,44)26-8-9-26/h3-6,13-15,17-18,25-26,30-31,36H,7-12,16H2,1-2H3,(H,38,41)(H,39,42)/t25-,30-,31-/m0/s1. The number of sulfonamides is 1. The Labute approximate surface area is 260 Å². The predicted octanol–water partition coefficient (Wildman–Crippen LogP) is 3.78. The van der Waals surface area contributed by atoms with Crippen LogP contribution in [0.15, 0.2) is 54.9 Å². The molecule has 13 heteroatoms. The van der Waals surface area contributed by atoms with Gasteiger partial charge in [-0.3, -0.25) is 14.6 Å². The molecule has 3 N–H and O–H groups in total. The Hall–Kier alpha value is -3.81. The van der Waals surface area contributed by atoms with Gasteiger partial charge in [-0.05, 0) is 73.6 Å². The van der Waals surface area contributed by atoms with Crippen LogP contribution in [0.3, 0.4) is 0 Å². The van der Waals surface area contributed by atoms with Crippen LogP contribution in [0, 0.1) is 24.4 Å². The number of hydrogen-bond donors (Lipinski definition) is 3. The lowest BCUT2D eigenvalue weighted by Crippen LogP contribution is -2.54. The number of benzene rings is 2. The van der Waals surface area contributed by atoms with Crippen LogP contribution >= 0.6 is 0 Å². The smallest absolute Gasteiger partial charge is 0.247 e. The van der Waals surface area contributed by atoms with Crippen molar-refractivity contribution in [3.05, 3.63) is 94.6 Å². The number of carbonyl (C=O) groups is 2. The Morgan fingerprint density at radius 3 is 2.44 bits per heavy atom. The Kier molecular flexibility index (Phi) is 9.90. The van der Waals surface area contributed by atoms with Crippen molar-refractivity contribution in [3.8, 4) is 0 Å². The van der Waals surface area contributed by atoms with Crippen LogP contribution in [-0.2, 0) is 26.0 Å². The van der Waals surface area contributed by atoms with E-state index in [1.807, 2.05) is 0 Å². The first-order valence-corrected chi connectivity index (χ1v) is 16.4. The van der Waals surface area contributed by atoms with E-state index in [1.165, 1.54) is 53.8 Å². The first-order chi connectivity index (χ1) is 21.4. The maximum Gasteiger partial charge on any atom is 0.247 e. The molecular weight excluding hydrogens is 607 g/mol. The molecule has 2 aromatic carbocycles. The summed E-state index contributed by atoms with van der Waals surface area (Å²) in [5, 5.41) is 8.19. The van der Waals surface area contributed by atoms with Gasteiger partial charge in [0.2, 0.25) is 21.8 Å². The van der Waals surface area contributed by atoms with Gasteiger partial charge in [-0.2, -0.15) is 4.31 Å². The molecule has 1 aromatic heterocycles. The summed E-state index contributed by atoms with van der Waals surface area (Å²) in [6.45, 7) is 4.18. The number of halogens is 3. The molecule has 2 heterocycles. The molecule has 240 valence electrons. The monoisotopic (exact) mass is 643 g/mol. The number of aromatic nitrogens is 1. The van der Waals surface area contributed by atoms with Crippen LogP contribution in [0.1, 0.15) is 54.4 Å². The number of rotatable bonds is 11. The highest BCUT2D eigenvalue weighted by Gasteiger charge is 2.43. The van der Waals surface area contributed by atoms with Gasteiger partial charge in [0.05, 0.1) is 23.3 Å². The molecule has 45 heavy (non-hydrogen) atoms. The highest BCUT2D eigenvalue weighted by Crippen LogP contribution is 2.34. The zero-order valence-corrected chi connectivity index (χ0v) is 25.8. The van der Waals surface area contributed by atoms with Crippen molar-refractivity contribution in [2.75, 3.05) is 25.0 Å². The largest absolute Gasteiger partial charge is 0.344 e. The van der Waals surface area contributed by atoms with Gasteiger partial charge in [-0.1, -0.05) is 18.2 Å². The Bertz CT molecular complexity index is 1650. The molecule has 3 atom stereocenters. The number of hydrogen-bond acceptors (Lipinski definition) is 6. The lowest BCUT2D eigenvalue weighted by Gasteiger charge is -2.35. The predicted molar refractivity (Wildman–Crippen MR) is 163 cm³/mol. The fourth-order valence-corrected chi connectivity index (χ4v) is 7.99. The SMILES string of the molecule is CC(=O)N[C@H](C(=O)Nc1cncc(F)c1CC[C@H]1CNCCN1S(=O)(=O)C1CC1)[C@@H](c1ccc(F)cc1)c1cc(C)cc(F)c1. The lowest BCUT2D eigenvalue weighted by atomic mass is 9.83. The molecule has 2 amide bonds. The van der Waals surface area contributed by atoms with Gasteiger partial charge in [0.1, 0.15) is 23.5 Å². The van der Waals surface area contributed by atoms with E-state index in [9.17, 15) is 26.8 Å². The van der Waals surface area contributed by atoms with Crippen LogP contribution in [0.4, 0.5) is 18.9 Å². The number of pyridine rings is 1. The highest BCUT2D eigenvalue weighted by atomic mass is 32.2. The molecule has 1 aliphatic heterocycles. The molecule has 1 saturated heterocycles. The van der Waals surface area contributed by atoms with E-state index in [1.54, 1.807) is 13.0 Å². The molecule has 0 bridgehead atoms. The van der Waals surface area contributed by atoms with E-state index < -0.39 is 57.3 Å². The molecule has 1 saturated carbocycles. The van der Waals surface area contributed by atoms with E-state index >= 15 is 4.39 Å². The van der Waals surface area contributed by atoms with Gasteiger partial charge in [-0.25, -0.2) is 21.6 Å². The van der Waals surface area contributed by atoms with E-state index in [0.717, 1.165) is 6.20 Å². The van der Waals surface area contributed by atoms with Crippen molar-refractivity contribution in [2.45, 2.75) is 62.8 Å². The fraction of sp³-hybridized carbons (Fsp3) is 0.406. The van der Waals surface area contributed by atoms with Crippen molar-refractivity contribution < 1.29 is 31.2 Å². The number of nitrogens with one attached hydrogen (secondary N) is 3. The Morgan fingerprint density at radius 1 is 1.04 bits per heavy atom. The second kappa shape index (κ2) is 13.7. The van der Waals surface area contributed by atoms with Crippen molar-refractivity contribution in [2.24, 2.45) is 0 Å².